The Morgan fingerprint density at radius 1 is 1.50 bits per heavy atom. The van der Waals surface area contributed by atoms with E-state index in [1.807, 2.05) is 12.2 Å². The SMILES string of the molecule is C1=CCC2=COPOC2=C1. The first-order valence-electron chi connectivity index (χ1n) is 3.10. The summed E-state index contributed by atoms with van der Waals surface area (Å²) >= 11 is 0. The van der Waals surface area contributed by atoms with Crippen molar-refractivity contribution in [1.29, 1.82) is 0 Å². The molecule has 0 aromatic heterocycles. The molecule has 3 heteroatoms. The summed E-state index contributed by atoms with van der Waals surface area (Å²) in [6.07, 6.45) is 8.75. The number of rotatable bonds is 0. The number of hydrogen-bond donors (Lipinski definition) is 0. The van der Waals surface area contributed by atoms with Gasteiger partial charge in [-0.25, -0.2) is 0 Å². The topological polar surface area (TPSA) is 18.5 Å². The standard InChI is InChI=1S/C7H7O2P/c1-2-4-7-6(3-1)5-8-10-9-7/h1-2,4-5,10H,3H2. The molecule has 1 aliphatic heterocycles. The van der Waals surface area contributed by atoms with Gasteiger partial charge in [-0.3, -0.25) is 0 Å². The molecule has 10 heavy (non-hydrogen) atoms. The van der Waals surface area contributed by atoms with E-state index >= 15 is 0 Å². The molecule has 0 saturated carbocycles. The first kappa shape index (κ1) is 5.99. The summed E-state index contributed by atoms with van der Waals surface area (Å²) < 4.78 is 10.2. The summed E-state index contributed by atoms with van der Waals surface area (Å²) in [6, 6.07) is 0. The van der Waals surface area contributed by atoms with Gasteiger partial charge in [0.15, 0.2) is 0 Å². The van der Waals surface area contributed by atoms with Crippen molar-refractivity contribution in [2.24, 2.45) is 0 Å². The first-order valence-corrected chi connectivity index (χ1v) is 3.92. The Morgan fingerprint density at radius 3 is 3.40 bits per heavy atom. The third-order valence-corrected chi connectivity index (χ3v) is 1.96. The van der Waals surface area contributed by atoms with Gasteiger partial charge in [-0.1, -0.05) is 12.2 Å². The molecule has 0 spiro atoms. The zero-order valence-corrected chi connectivity index (χ0v) is 6.33. The summed E-state index contributed by atoms with van der Waals surface area (Å²) in [7, 11) is 0.133. The highest BCUT2D eigenvalue weighted by atomic mass is 31.1. The van der Waals surface area contributed by atoms with Gasteiger partial charge in [-0.15, -0.1) is 0 Å². The molecule has 0 aromatic rings. The minimum atomic E-state index is 0.133. The van der Waals surface area contributed by atoms with E-state index in [0.29, 0.717) is 0 Å². The maximum atomic E-state index is 5.23. The van der Waals surface area contributed by atoms with Crippen LogP contribution < -0.4 is 0 Å². The Kier molecular flexibility index (Phi) is 1.48. The lowest BCUT2D eigenvalue weighted by molar-refractivity contribution is 0.374. The second-order valence-electron chi connectivity index (χ2n) is 2.11. The average Bonchev–Trinajstić information content (AvgIpc) is 2.05. The molecule has 0 radical (unpaired) electrons. The molecule has 1 atom stereocenters. The highest BCUT2D eigenvalue weighted by Gasteiger charge is 2.12. The average molecular weight is 154 g/mol. The van der Waals surface area contributed by atoms with Gasteiger partial charge in [0.05, 0.1) is 6.26 Å². The van der Waals surface area contributed by atoms with E-state index in [1.165, 1.54) is 0 Å². The summed E-state index contributed by atoms with van der Waals surface area (Å²) in [5, 5.41) is 0. The normalized spacial score (nSPS) is 24.0. The summed E-state index contributed by atoms with van der Waals surface area (Å²) in [5.41, 5.74) is 1.14. The van der Waals surface area contributed by atoms with Crippen LogP contribution in [-0.2, 0) is 9.05 Å². The van der Waals surface area contributed by atoms with Crippen molar-refractivity contribution in [1.82, 2.24) is 0 Å². The van der Waals surface area contributed by atoms with Crippen molar-refractivity contribution in [3.63, 3.8) is 0 Å². The van der Waals surface area contributed by atoms with Gasteiger partial charge in [0, 0.05) is 5.57 Å². The second-order valence-corrected chi connectivity index (χ2v) is 2.72. The molecule has 0 amide bonds. The van der Waals surface area contributed by atoms with Crippen LogP contribution in [0.3, 0.4) is 0 Å². The van der Waals surface area contributed by atoms with Crippen molar-refractivity contribution in [3.8, 4) is 0 Å². The molecule has 2 rings (SSSR count). The van der Waals surface area contributed by atoms with Gasteiger partial charge in [0.2, 0.25) is 0 Å². The lowest BCUT2D eigenvalue weighted by Gasteiger charge is -2.17. The van der Waals surface area contributed by atoms with Crippen LogP contribution in [-0.4, -0.2) is 0 Å². The van der Waals surface area contributed by atoms with Gasteiger partial charge in [0.1, 0.15) is 5.76 Å². The van der Waals surface area contributed by atoms with Crippen LogP contribution in [0.25, 0.3) is 0 Å². The fourth-order valence-electron chi connectivity index (χ4n) is 0.928. The van der Waals surface area contributed by atoms with Gasteiger partial charge in [0.25, 0.3) is 9.03 Å². The van der Waals surface area contributed by atoms with Crippen LogP contribution in [0.1, 0.15) is 6.42 Å². The van der Waals surface area contributed by atoms with Gasteiger partial charge in [-0.2, -0.15) is 0 Å². The van der Waals surface area contributed by atoms with E-state index in [1.54, 1.807) is 6.26 Å². The minimum absolute atomic E-state index is 0.133. The minimum Gasteiger partial charge on any atom is -0.448 e. The van der Waals surface area contributed by atoms with Crippen LogP contribution in [0.2, 0.25) is 0 Å². The van der Waals surface area contributed by atoms with Crippen LogP contribution in [0.15, 0.2) is 35.8 Å². The molecule has 0 saturated heterocycles. The molecule has 2 nitrogen and oxygen atoms in total. The monoisotopic (exact) mass is 154 g/mol. The third-order valence-electron chi connectivity index (χ3n) is 1.44. The van der Waals surface area contributed by atoms with Crippen molar-refractivity contribution in [2.75, 3.05) is 0 Å². The zero-order valence-electron chi connectivity index (χ0n) is 5.33. The second kappa shape index (κ2) is 2.47. The predicted octanol–water partition coefficient (Wildman–Crippen LogP) is 2.27. The van der Waals surface area contributed by atoms with E-state index in [0.717, 1.165) is 17.8 Å². The Hall–Kier alpha value is -0.750. The Labute approximate surface area is 61.2 Å². The van der Waals surface area contributed by atoms with Crippen LogP contribution in [0, 0.1) is 0 Å². The zero-order chi connectivity index (χ0) is 6.81. The highest BCUT2D eigenvalue weighted by Crippen LogP contribution is 2.33. The first-order chi connectivity index (χ1) is 4.97. The molecule has 0 fully saturated rings. The lowest BCUT2D eigenvalue weighted by atomic mass is 10.1. The Balaban J connectivity index is 2.32. The maximum Gasteiger partial charge on any atom is 0.274 e. The number of fused-ring (bicyclic) bond motifs is 1. The highest BCUT2D eigenvalue weighted by molar-refractivity contribution is 7.26. The van der Waals surface area contributed by atoms with E-state index in [2.05, 4.69) is 6.08 Å². The molecule has 0 N–H and O–H groups in total. The Morgan fingerprint density at radius 2 is 2.50 bits per heavy atom. The smallest absolute Gasteiger partial charge is 0.274 e. The van der Waals surface area contributed by atoms with Crippen molar-refractivity contribution in [3.05, 3.63) is 35.8 Å². The molecule has 2 aliphatic rings. The van der Waals surface area contributed by atoms with Crippen molar-refractivity contribution < 1.29 is 9.05 Å². The van der Waals surface area contributed by atoms with Crippen LogP contribution in [0.5, 0.6) is 0 Å². The molecule has 1 heterocycles. The van der Waals surface area contributed by atoms with Gasteiger partial charge >= 0.3 is 0 Å². The summed E-state index contributed by atoms with van der Waals surface area (Å²) in [4.78, 5) is 0. The largest absolute Gasteiger partial charge is 0.448 e. The molecule has 1 unspecified atom stereocenters. The quantitative estimate of drug-likeness (QED) is 0.498. The molecular formula is C7H7O2P. The van der Waals surface area contributed by atoms with Crippen LogP contribution >= 0.6 is 9.03 Å². The number of allylic oxidation sites excluding steroid dienone is 4. The van der Waals surface area contributed by atoms with E-state index in [9.17, 15) is 0 Å². The fraction of sp³-hybridized carbons (Fsp3) is 0.143. The van der Waals surface area contributed by atoms with Gasteiger partial charge in [-0.05, 0) is 12.5 Å². The summed E-state index contributed by atoms with van der Waals surface area (Å²) in [5.74, 6) is 0.965. The Bertz CT molecular complexity index is 228. The lowest BCUT2D eigenvalue weighted by Crippen LogP contribution is -1.97. The molecule has 52 valence electrons. The van der Waals surface area contributed by atoms with E-state index < -0.39 is 0 Å². The van der Waals surface area contributed by atoms with E-state index in [-0.39, 0.29) is 9.03 Å². The molecule has 0 bridgehead atoms. The molecular weight excluding hydrogens is 147 g/mol. The van der Waals surface area contributed by atoms with Gasteiger partial charge < -0.3 is 9.05 Å². The third kappa shape index (κ3) is 0.952. The van der Waals surface area contributed by atoms with Crippen molar-refractivity contribution >= 4 is 9.03 Å². The van der Waals surface area contributed by atoms with Crippen molar-refractivity contribution in [2.45, 2.75) is 6.42 Å². The van der Waals surface area contributed by atoms with E-state index in [4.69, 9.17) is 9.05 Å². The number of hydrogen-bond acceptors (Lipinski definition) is 2. The molecule has 1 aliphatic carbocycles. The predicted molar refractivity (Wildman–Crippen MR) is 40.4 cm³/mol. The molecule has 0 aromatic carbocycles. The maximum absolute atomic E-state index is 5.23. The summed E-state index contributed by atoms with van der Waals surface area (Å²) in [6.45, 7) is 0. The van der Waals surface area contributed by atoms with Crippen LogP contribution in [0.4, 0.5) is 0 Å². The fourth-order valence-corrected chi connectivity index (χ4v) is 1.46.